The van der Waals surface area contributed by atoms with Crippen molar-refractivity contribution < 1.29 is 4.39 Å². The summed E-state index contributed by atoms with van der Waals surface area (Å²) in [5.41, 5.74) is 2.02. The minimum atomic E-state index is -0.271. The van der Waals surface area contributed by atoms with Crippen LogP contribution < -0.4 is 5.32 Å². The van der Waals surface area contributed by atoms with Gasteiger partial charge in [0.1, 0.15) is 23.3 Å². The lowest BCUT2D eigenvalue weighted by atomic mass is 10.1. The molecule has 0 radical (unpaired) electrons. The number of hydrogen-bond acceptors (Lipinski definition) is 3. The van der Waals surface area contributed by atoms with Crippen molar-refractivity contribution in [3.8, 4) is 6.07 Å². The van der Waals surface area contributed by atoms with Crippen LogP contribution in [-0.4, -0.2) is 9.78 Å². The molecule has 0 aliphatic carbocycles. The first-order chi connectivity index (χ1) is 9.02. The van der Waals surface area contributed by atoms with Crippen molar-refractivity contribution in [3.05, 3.63) is 46.9 Å². The molecule has 0 spiro atoms. The molecule has 0 saturated heterocycles. The fourth-order valence-corrected chi connectivity index (χ4v) is 2.02. The molecule has 0 bridgehead atoms. The Labute approximate surface area is 111 Å². The largest absolute Gasteiger partial charge is 0.363 e. The lowest BCUT2D eigenvalue weighted by Crippen LogP contribution is -2.11. The van der Waals surface area contributed by atoms with Gasteiger partial charge in [0.25, 0.3) is 0 Å². The monoisotopic (exact) mass is 258 g/mol. The molecule has 98 valence electrons. The van der Waals surface area contributed by atoms with Crippen LogP contribution in [0.5, 0.6) is 0 Å². The Morgan fingerprint density at radius 3 is 2.84 bits per heavy atom. The van der Waals surface area contributed by atoms with E-state index < -0.39 is 0 Å². The molecule has 5 heteroatoms. The van der Waals surface area contributed by atoms with Crippen LogP contribution in [0.1, 0.15) is 29.8 Å². The van der Waals surface area contributed by atoms with Crippen LogP contribution in [0.4, 0.5) is 10.2 Å². The predicted octanol–water partition coefficient (Wildman–Crippen LogP) is 2.91. The zero-order valence-electron chi connectivity index (χ0n) is 11.1. The summed E-state index contributed by atoms with van der Waals surface area (Å²) in [6, 6.07) is 8.42. The number of nitrogens with one attached hydrogen (secondary N) is 1. The van der Waals surface area contributed by atoms with Gasteiger partial charge in [-0.3, -0.25) is 4.68 Å². The summed E-state index contributed by atoms with van der Waals surface area (Å²) in [7, 11) is 1.77. The highest BCUT2D eigenvalue weighted by Gasteiger charge is 2.15. The van der Waals surface area contributed by atoms with E-state index in [1.807, 2.05) is 13.0 Å². The molecule has 1 N–H and O–H groups in total. The van der Waals surface area contributed by atoms with E-state index in [0.717, 1.165) is 5.56 Å². The van der Waals surface area contributed by atoms with Crippen molar-refractivity contribution in [2.24, 2.45) is 7.05 Å². The van der Waals surface area contributed by atoms with Crippen LogP contribution in [0.15, 0.2) is 24.3 Å². The van der Waals surface area contributed by atoms with Gasteiger partial charge in [0.2, 0.25) is 0 Å². The molecule has 1 aromatic heterocycles. The molecule has 1 unspecified atom stereocenters. The fraction of sp³-hybridized carbons (Fsp3) is 0.286. The van der Waals surface area contributed by atoms with E-state index in [9.17, 15) is 4.39 Å². The van der Waals surface area contributed by atoms with E-state index in [1.54, 1.807) is 24.7 Å². The SMILES string of the molecule is Cc1nn(C)c(NC(C)c2cccc(F)c2)c1C#N. The van der Waals surface area contributed by atoms with Crippen LogP contribution >= 0.6 is 0 Å². The molecule has 2 rings (SSSR count). The summed E-state index contributed by atoms with van der Waals surface area (Å²) in [5.74, 6) is 0.379. The highest BCUT2D eigenvalue weighted by molar-refractivity contribution is 5.56. The third-order valence-corrected chi connectivity index (χ3v) is 3.04. The molecule has 1 atom stereocenters. The van der Waals surface area contributed by atoms with Crippen LogP contribution in [0, 0.1) is 24.1 Å². The lowest BCUT2D eigenvalue weighted by molar-refractivity contribution is 0.623. The smallest absolute Gasteiger partial charge is 0.142 e. The fourth-order valence-electron chi connectivity index (χ4n) is 2.02. The van der Waals surface area contributed by atoms with Gasteiger partial charge in [-0.2, -0.15) is 10.4 Å². The topological polar surface area (TPSA) is 53.6 Å². The Bertz CT molecular complexity index is 639. The second-order valence-corrected chi connectivity index (χ2v) is 4.47. The summed E-state index contributed by atoms with van der Waals surface area (Å²) >= 11 is 0. The van der Waals surface area contributed by atoms with Crippen LogP contribution in [0.3, 0.4) is 0 Å². The third kappa shape index (κ3) is 2.58. The van der Waals surface area contributed by atoms with Crippen molar-refractivity contribution in [3.63, 3.8) is 0 Å². The maximum absolute atomic E-state index is 13.2. The van der Waals surface area contributed by atoms with Gasteiger partial charge in [-0.05, 0) is 31.5 Å². The van der Waals surface area contributed by atoms with E-state index in [1.165, 1.54) is 12.1 Å². The number of rotatable bonds is 3. The van der Waals surface area contributed by atoms with Gasteiger partial charge in [0.05, 0.1) is 11.7 Å². The second kappa shape index (κ2) is 5.11. The molecule has 0 aliphatic heterocycles. The Morgan fingerprint density at radius 1 is 1.47 bits per heavy atom. The molecular formula is C14H15FN4. The first kappa shape index (κ1) is 13.1. The average Bonchev–Trinajstić information content (AvgIpc) is 2.63. The van der Waals surface area contributed by atoms with Gasteiger partial charge >= 0.3 is 0 Å². The maximum atomic E-state index is 13.2. The molecule has 1 heterocycles. The number of benzene rings is 1. The number of nitrogens with zero attached hydrogens (tertiary/aromatic N) is 3. The molecule has 1 aromatic carbocycles. The van der Waals surface area contributed by atoms with Crippen molar-refractivity contribution in [1.82, 2.24) is 9.78 Å². The summed E-state index contributed by atoms with van der Waals surface area (Å²) in [6.45, 7) is 3.70. The number of aromatic nitrogens is 2. The van der Waals surface area contributed by atoms with Crippen molar-refractivity contribution in [1.29, 1.82) is 5.26 Å². The van der Waals surface area contributed by atoms with E-state index in [2.05, 4.69) is 16.5 Å². The third-order valence-electron chi connectivity index (χ3n) is 3.04. The Morgan fingerprint density at radius 2 is 2.21 bits per heavy atom. The molecule has 19 heavy (non-hydrogen) atoms. The van der Waals surface area contributed by atoms with Crippen molar-refractivity contribution in [2.45, 2.75) is 19.9 Å². The number of anilines is 1. The average molecular weight is 258 g/mol. The van der Waals surface area contributed by atoms with E-state index in [0.29, 0.717) is 17.1 Å². The normalized spacial score (nSPS) is 11.9. The van der Waals surface area contributed by atoms with Crippen molar-refractivity contribution in [2.75, 3.05) is 5.32 Å². The number of hydrogen-bond donors (Lipinski definition) is 1. The standard InChI is InChI=1S/C14H15FN4/c1-9(11-5-4-6-12(15)7-11)17-14-13(8-16)10(2)18-19(14)3/h4-7,9,17H,1-3H3. The van der Waals surface area contributed by atoms with Gasteiger partial charge in [0.15, 0.2) is 0 Å². The van der Waals surface area contributed by atoms with Gasteiger partial charge < -0.3 is 5.32 Å². The molecule has 0 saturated carbocycles. The highest BCUT2D eigenvalue weighted by Crippen LogP contribution is 2.23. The summed E-state index contributed by atoms with van der Waals surface area (Å²) in [4.78, 5) is 0. The Balaban J connectivity index is 2.29. The van der Waals surface area contributed by atoms with Gasteiger partial charge in [-0.25, -0.2) is 4.39 Å². The lowest BCUT2D eigenvalue weighted by Gasteiger charge is -2.16. The molecule has 4 nitrogen and oxygen atoms in total. The van der Waals surface area contributed by atoms with E-state index in [-0.39, 0.29) is 11.9 Å². The molecule has 0 fully saturated rings. The van der Waals surface area contributed by atoms with Gasteiger partial charge in [-0.1, -0.05) is 12.1 Å². The maximum Gasteiger partial charge on any atom is 0.142 e. The van der Waals surface area contributed by atoms with Gasteiger partial charge in [-0.15, -0.1) is 0 Å². The molecule has 2 aromatic rings. The first-order valence-electron chi connectivity index (χ1n) is 5.98. The zero-order chi connectivity index (χ0) is 14.0. The summed E-state index contributed by atoms with van der Waals surface area (Å²) < 4.78 is 14.8. The molecular weight excluding hydrogens is 243 g/mol. The zero-order valence-corrected chi connectivity index (χ0v) is 11.1. The van der Waals surface area contributed by atoms with E-state index >= 15 is 0 Å². The summed E-state index contributed by atoms with van der Waals surface area (Å²) in [5, 5.41) is 16.5. The Hall–Kier alpha value is -2.35. The minimum absolute atomic E-state index is 0.113. The first-order valence-corrected chi connectivity index (χ1v) is 5.98. The second-order valence-electron chi connectivity index (χ2n) is 4.47. The van der Waals surface area contributed by atoms with Crippen molar-refractivity contribution >= 4 is 5.82 Å². The highest BCUT2D eigenvalue weighted by atomic mass is 19.1. The summed E-state index contributed by atoms with van der Waals surface area (Å²) in [6.07, 6.45) is 0. The van der Waals surface area contributed by atoms with Crippen LogP contribution in [0.2, 0.25) is 0 Å². The van der Waals surface area contributed by atoms with E-state index in [4.69, 9.17) is 5.26 Å². The minimum Gasteiger partial charge on any atom is -0.363 e. The molecule has 0 amide bonds. The predicted molar refractivity (Wildman–Crippen MR) is 71.1 cm³/mol. The number of aryl methyl sites for hydroxylation is 2. The van der Waals surface area contributed by atoms with Gasteiger partial charge in [0, 0.05) is 7.05 Å². The van der Waals surface area contributed by atoms with Crippen LogP contribution in [0.25, 0.3) is 0 Å². The van der Waals surface area contributed by atoms with Crippen LogP contribution in [-0.2, 0) is 7.05 Å². The Kier molecular flexibility index (Phi) is 3.52. The quantitative estimate of drug-likeness (QED) is 0.921. The number of nitriles is 1. The number of halogens is 1. The molecule has 0 aliphatic rings.